The van der Waals surface area contributed by atoms with E-state index in [2.05, 4.69) is 5.32 Å². The van der Waals surface area contributed by atoms with Crippen LogP contribution < -0.4 is 14.8 Å². The van der Waals surface area contributed by atoms with Crippen molar-refractivity contribution in [3.63, 3.8) is 0 Å². The largest absolute Gasteiger partial charge is 0.486 e. The molecule has 0 spiro atoms. The van der Waals surface area contributed by atoms with Crippen LogP contribution >= 0.6 is 0 Å². The lowest BCUT2D eigenvalue weighted by Gasteiger charge is -2.31. The third-order valence-corrected chi connectivity index (χ3v) is 3.46. The molecule has 7 heteroatoms. The van der Waals surface area contributed by atoms with Gasteiger partial charge in [0.1, 0.15) is 18.8 Å². The van der Waals surface area contributed by atoms with E-state index in [0.717, 1.165) is 4.90 Å². The molecule has 0 saturated heterocycles. The summed E-state index contributed by atoms with van der Waals surface area (Å²) in [6.45, 7) is 3.86. The van der Waals surface area contributed by atoms with Crippen LogP contribution in [0, 0.1) is 0 Å². The van der Waals surface area contributed by atoms with E-state index in [-0.39, 0.29) is 0 Å². The van der Waals surface area contributed by atoms with Crippen molar-refractivity contribution in [2.24, 2.45) is 0 Å². The molecule has 2 N–H and O–H groups in total. The molecule has 2 rings (SSSR count). The second-order valence-electron chi connectivity index (χ2n) is 5.21. The molecule has 114 valence electrons. The van der Waals surface area contributed by atoms with E-state index in [1.807, 2.05) is 0 Å². The van der Waals surface area contributed by atoms with Crippen LogP contribution in [0.1, 0.15) is 13.8 Å². The number of carbonyl (C=O) groups is 2. The fourth-order valence-corrected chi connectivity index (χ4v) is 1.73. The molecule has 0 fully saturated rings. The molecule has 1 heterocycles. The van der Waals surface area contributed by atoms with Crippen molar-refractivity contribution in [1.29, 1.82) is 0 Å². The maximum atomic E-state index is 12.1. The summed E-state index contributed by atoms with van der Waals surface area (Å²) in [6, 6.07) is 4.51. The van der Waals surface area contributed by atoms with E-state index in [0.29, 0.717) is 30.4 Å². The summed E-state index contributed by atoms with van der Waals surface area (Å²) in [4.78, 5) is 24.4. The van der Waals surface area contributed by atoms with Crippen LogP contribution in [-0.2, 0) is 4.79 Å². The van der Waals surface area contributed by atoms with Gasteiger partial charge >= 0.3 is 12.0 Å². The summed E-state index contributed by atoms with van der Waals surface area (Å²) < 4.78 is 10.8. The Morgan fingerprint density at radius 1 is 1.24 bits per heavy atom. The number of nitrogens with zero attached hydrogens (tertiary/aromatic N) is 1. The van der Waals surface area contributed by atoms with Crippen LogP contribution in [0.5, 0.6) is 11.5 Å². The Morgan fingerprint density at radius 3 is 2.48 bits per heavy atom. The zero-order valence-electron chi connectivity index (χ0n) is 12.2. The zero-order chi connectivity index (χ0) is 15.6. The molecule has 1 aliphatic heterocycles. The molecule has 7 nitrogen and oxygen atoms in total. The summed E-state index contributed by atoms with van der Waals surface area (Å²) in [5, 5.41) is 11.8. The first kappa shape index (κ1) is 15.0. The normalized spacial score (nSPS) is 13.5. The van der Waals surface area contributed by atoms with Gasteiger partial charge in [-0.3, -0.25) is 0 Å². The van der Waals surface area contributed by atoms with Gasteiger partial charge in [-0.15, -0.1) is 0 Å². The highest BCUT2D eigenvalue weighted by atomic mass is 16.6. The lowest BCUT2D eigenvalue weighted by molar-refractivity contribution is -0.146. The molecule has 0 saturated carbocycles. The number of carboxylic acids is 1. The molecule has 1 aromatic carbocycles. The standard InChI is InChI=1S/C14H18N2O5/c1-14(2,12(17)18)16(3)13(19)15-9-4-5-10-11(8-9)21-7-6-20-10/h4-5,8H,6-7H2,1-3H3,(H,15,19)(H,17,18). The Morgan fingerprint density at radius 2 is 1.86 bits per heavy atom. The van der Waals surface area contributed by atoms with E-state index >= 15 is 0 Å². The van der Waals surface area contributed by atoms with Gasteiger partial charge in [-0.1, -0.05) is 0 Å². The summed E-state index contributed by atoms with van der Waals surface area (Å²) in [6.07, 6.45) is 0. The molecule has 21 heavy (non-hydrogen) atoms. The number of amides is 2. The number of urea groups is 1. The van der Waals surface area contributed by atoms with Crippen molar-refractivity contribution < 1.29 is 24.2 Å². The first-order valence-corrected chi connectivity index (χ1v) is 6.50. The van der Waals surface area contributed by atoms with E-state index < -0.39 is 17.5 Å². The van der Waals surface area contributed by atoms with Gasteiger partial charge in [0.05, 0.1) is 0 Å². The molecule has 0 radical (unpaired) electrons. The summed E-state index contributed by atoms with van der Waals surface area (Å²) >= 11 is 0. The van der Waals surface area contributed by atoms with Gasteiger partial charge in [-0.05, 0) is 26.0 Å². The molecule has 0 aliphatic carbocycles. The predicted molar refractivity (Wildman–Crippen MR) is 75.9 cm³/mol. The SMILES string of the molecule is CN(C(=O)Nc1ccc2c(c1)OCCO2)C(C)(C)C(=O)O. The fraction of sp³-hybridized carbons (Fsp3) is 0.429. The minimum atomic E-state index is -1.31. The number of carboxylic acid groups (broad SMARTS) is 1. The highest BCUT2D eigenvalue weighted by Gasteiger charge is 2.35. The van der Waals surface area contributed by atoms with E-state index in [1.165, 1.54) is 20.9 Å². The Hall–Kier alpha value is -2.44. The van der Waals surface area contributed by atoms with Gasteiger partial charge in [-0.25, -0.2) is 9.59 Å². The summed E-state index contributed by atoms with van der Waals surface area (Å²) in [7, 11) is 1.43. The molecule has 1 aromatic rings. The van der Waals surface area contributed by atoms with Crippen LogP contribution in [0.3, 0.4) is 0 Å². The number of fused-ring (bicyclic) bond motifs is 1. The Bertz CT molecular complexity index is 570. The number of aliphatic carboxylic acids is 1. The maximum absolute atomic E-state index is 12.1. The fourth-order valence-electron chi connectivity index (χ4n) is 1.73. The number of rotatable bonds is 3. The predicted octanol–water partition coefficient (Wildman–Crippen LogP) is 1.78. The number of anilines is 1. The Labute approximate surface area is 122 Å². The van der Waals surface area contributed by atoms with Crippen LogP contribution in [0.4, 0.5) is 10.5 Å². The third kappa shape index (κ3) is 3.01. The van der Waals surface area contributed by atoms with Gasteiger partial charge < -0.3 is 24.8 Å². The average Bonchev–Trinajstić information content (AvgIpc) is 2.46. The molecule has 2 amide bonds. The molecule has 1 aliphatic rings. The monoisotopic (exact) mass is 294 g/mol. The molecule has 0 bridgehead atoms. The second-order valence-corrected chi connectivity index (χ2v) is 5.21. The molecular weight excluding hydrogens is 276 g/mol. The van der Waals surface area contributed by atoms with Crippen LogP contribution in [0.15, 0.2) is 18.2 Å². The maximum Gasteiger partial charge on any atom is 0.329 e. The minimum Gasteiger partial charge on any atom is -0.486 e. The lowest BCUT2D eigenvalue weighted by atomic mass is 10.1. The number of carbonyl (C=O) groups excluding carboxylic acids is 1. The molecule has 0 unspecified atom stereocenters. The molecule has 0 atom stereocenters. The van der Waals surface area contributed by atoms with E-state index in [1.54, 1.807) is 18.2 Å². The van der Waals surface area contributed by atoms with Crippen LogP contribution in [-0.4, -0.2) is 47.8 Å². The number of benzene rings is 1. The number of likely N-dealkylation sites (N-methyl/N-ethyl adjacent to an activating group) is 1. The van der Waals surface area contributed by atoms with Crippen LogP contribution in [0.25, 0.3) is 0 Å². The number of hydrogen-bond donors (Lipinski definition) is 2. The highest BCUT2D eigenvalue weighted by Crippen LogP contribution is 2.32. The third-order valence-electron chi connectivity index (χ3n) is 3.46. The van der Waals surface area contributed by atoms with Gasteiger partial charge in [0.2, 0.25) is 0 Å². The smallest absolute Gasteiger partial charge is 0.329 e. The minimum absolute atomic E-state index is 0.455. The van der Waals surface area contributed by atoms with E-state index in [9.17, 15) is 9.59 Å². The summed E-state index contributed by atoms with van der Waals surface area (Å²) in [5.41, 5.74) is -0.796. The summed E-state index contributed by atoms with van der Waals surface area (Å²) in [5.74, 6) is 0.0972. The Kier molecular flexibility index (Phi) is 3.93. The molecular formula is C14H18N2O5. The van der Waals surface area contributed by atoms with Crippen molar-refractivity contribution in [2.75, 3.05) is 25.6 Å². The van der Waals surface area contributed by atoms with Gasteiger partial charge in [-0.2, -0.15) is 0 Å². The Balaban J connectivity index is 2.11. The van der Waals surface area contributed by atoms with Gasteiger partial charge in [0.15, 0.2) is 11.5 Å². The first-order chi connectivity index (χ1) is 9.82. The zero-order valence-corrected chi connectivity index (χ0v) is 12.2. The van der Waals surface area contributed by atoms with Gasteiger partial charge in [0.25, 0.3) is 0 Å². The quantitative estimate of drug-likeness (QED) is 0.887. The number of ether oxygens (including phenoxy) is 2. The van der Waals surface area contributed by atoms with Crippen molar-refractivity contribution in [3.8, 4) is 11.5 Å². The number of hydrogen-bond acceptors (Lipinski definition) is 4. The van der Waals surface area contributed by atoms with Crippen molar-refractivity contribution in [3.05, 3.63) is 18.2 Å². The van der Waals surface area contributed by atoms with Crippen molar-refractivity contribution in [2.45, 2.75) is 19.4 Å². The van der Waals surface area contributed by atoms with Crippen molar-refractivity contribution >= 4 is 17.7 Å². The van der Waals surface area contributed by atoms with Crippen LogP contribution in [0.2, 0.25) is 0 Å². The topological polar surface area (TPSA) is 88.1 Å². The highest BCUT2D eigenvalue weighted by molar-refractivity contribution is 5.93. The van der Waals surface area contributed by atoms with Gasteiger partial charge in [0, 0.05) is 18.8 Å². The molecule has 0 aromatic heterocycles. The van der Waals surface area contributed by atoms with E-state index in [4.69, 9.17) is 14.6 Å². The average molecular weight is 294 g/mol. The van der Waals surface area contributed by atoms with Crippen molar-refractivity contribution in [1.82, 2.24) is 4.90 Å². The second kappa shape index (κ2) is 5.51. The first-order valence-electron chi connectivity index (χ1n) is 6.50. The number of nitrogens with one attached hydrogen (secondary N) is 1. The lowest BCUT2D eigenvalue weighted by Crippen LogP contribution is -2.52.